The van der Waals surface area contributed by atoms with Crippen molar-refractivity contribution in [1.82, 2.24) is 0 Å². The lowest BCUT2D eigenvalue weighted by Gasteiger charge is -2.28. The summed E-state index contributed by atoms with van der Waals surface area (Å²) >= 11 is 0. The molecule has 0 aliphatic rings. The van der Waals surface area contributed by atoms with Gasteiger partial charge in [-0.05, 0) is 51.4 Å². The van der Waals surface area contributed by atoms with E-state index in [1.807, 2.05) is 19.6 Å². The van der Waals surface area contributed by atoms with Gasteiger partial charge in [0.2, 0.25) is 16.6 Å². The van der Waals surface area contributed by atoms with Crippen LogP contribution in [0.5, 0.6) is 17.2 Å². The van der Waals surface area contributed by atoms with Crippen LogP contribution in [0, 0.1) is 0 Å². The van der Waals surface area contributed by atoms with Crippen molar-refractivity contribution in [1.29, 1.82) is 0 Å². The summed E-state index contributed by atoms with van der Waals surface area (Å²) in [4.78, 5) is 12.1. The standard InChI is InChI=1S/C15H26O5Si2/c1-17-12-10-9-11(15(16)18-2)13(19-21(3,4)5)14(12)20-22(6,7)8/h9-10H,1-8H3. The van der Waals surface area contributed by atoms with Crippen LogP contribution in [0.2, 0.25) is 39.3 Å². The molecule has 0 aliphatic carbocycles. The number of rotatable bonds is 6. The molecule has 1 aromatic rings. The molecule has 0 bridgehead atoms. The highest BCUT2D eigenvalue weighted by Gasteiger charge is 2.30. The highest BCUT2D eigenvalue weighted by atomic mass is 28.4. The first-order chi connectivity index (χ1) is 9.98. The lowest BCUT2D eigenvalue weighted by molar-refractivity contribution is 0.0598. The Morgan fingerprint density at radius 3 is 1.77 bits per heavy atom. The molecule has 0 amide bonds. The SMILES string of the molecule is COC(=O)c1ccc(OC)c(O[Si](C)(C)C)c1O[Si](C)(C)C. The maximum absolute atomic E-state index is 12.1. The molecule has 0 heterocycles. The summed E-state index contributed by atoms with van der Waals surface area (Å²) < 4.78 is 22.5. The first kappa shape index (κ1) is 18.6. The van der Waals surface area contributed by atoms with E-state index in [2.05, 4.69) is 19.6 Å². The van der Waals surface area contributed by atoms with Crippen LogP contribution >= 0.6 is 0 Å². The molecule has 1 aromatic carbocycles. The van der Waals surface area contributed by atoms with Gasteiger partial charge in [0.05, 0.1) is 14.2 Å². The minimum atomic E-state index is -1.96. The molecule has 0 unspecified atom stereocenters. The van der Waals surface area contributed by atoms with Gasteiger partial charge in [0.1, 0.15) is 5.56 Å². The molecule has 0 N–H and O–H groups in total. The molecule has 0 saturated carbocycles. The van der Waals surface area contributed by atoms with E-state index in [0.717, 1.165) is 0 Å². The zero-order chi connectivity index (χ0) is 17.1. The Morgan fingerprint density at radius 2 is 1.36 bits per heavy atom. The average molecular weight is 343 g/mol. The van der Waals surface area contributed by atoms with Crippen LogP contribution in [0.4, 0.5) is 0 Å². The third-order valence-corrected chi connectivity index (χ3v) is 4.15. The molecule has 0 spiro atoms. The zero-order valence-electron chi connectivity index (χ0n) is 14.7. The molecule has 0 atom stereocenters. The normalized spacial score (nSPS) is 11.8. The van der Waals surface area contributed by atoms with Gasteiger partial charge >= 0.3 is 5.97 Å². The van der Waals surface area contributed by atoms with Crippen LogP contribution in [0.25, 0.3) is 0 Å². The number of hydrogen-bond acceptors (Lipinski definition) is 5. The van der Waals surface area contributed by atoms with Gasteiger partial charge < -0.3 is 18.3 Å². The number of carbonyl (C=O) groups is 1. The summed E-state index contributed by atoms with van der Waals surface area (Å²) in [5.41, 5.74) is 0.360. The van der Waals surface area contributed by atoms with E-state index in [4.69, 9.17) is 18.3 Å². The van der Waals surface area contributed by atoms with Gasteiger partial charge in [-0.2, -0.15) is 0 Å². The summed E-state index contributed by atoms with van der Waals surface area (Å²) in [5.74, 6) is 1.03. The van der Waals surface area contributed by atoms with Crippen molar-refractivity contribution in [2.24, 2.45) is 0 Å². The molecule has 124 valence electrons. The van der Waals surface area contributed by atoms with Gasteiger partial charge in [-0.15, -0.1) is 0 Å². The zero-order valence-corrected chi connectivity index (χ0v) is 16.7. The predicted octanol–water partition coefficient (Wildman–Crippen LogP) is 3.91. The van der Waals surface area contributed by atoms with Gasteiger partial charge in [-0.25, -0.2) is 4.79 Å². The van der Waals surface area contributed by atoms with Crippen LogP contribution < -0.4 is 13.6 Å². The van der Waals surface area contributed by atoms with Gasteiger partial charge in [0, 0.05) is 0 Å². The second-order valence-electron chi connectivity index (χ2n) is 6.89. The Balaban J connectivity index is 3.55. The second-order valence-corrected chi connectivity index (χ2v) is 15.8. The number of esters is 1. The Bertz CT molecular complexity index is 544. The number of methoxy groups -OCH3 is 2. The largest absolute Gasteiger partial charge is 0.541 e. The summed E-state index contributed by atoms with van der Waals surface area (Å²) in [6, 6.07) is 3.36. The molecule has 0 aromatic heterocycles. The third-order valence-electron chi connectivity index (χ3n) is 2.52. The maximum Gasteiger partial charge on any atom is 0.341 e. The van der Waals surface area contributed by atoms with E-state index in [-0.39, 0.29) is 0 Å². The molecule has 0 fully saturated rings. The second kappa shape index (κ2) is 6.74. The maximum atomic E-state index is 12.1. The van der Waals surface area contributed by atoms with E-state index < -0.39 is 22.6 Å². The molecule has 7 heteroatoms. The Labute approximate surface area is 134 Å². The van der Waals surface area contributed by atoms with Gasteiger partial charge in [-0.3, -0.25) is 0 Å². The minimum Gasteiger partial charge on any atom is -0.541 e. The highest BCUT2D eigenvalue weighted by molar-refractivity contribution is 6.71. The minimum absolute atomic E-state index is 0.360. The quantitative estimate of drug-likeness (QED) is 0.579. The van der Waals surface area contributed by atoms with Crippen molar-refractivity contribution in [2.75, 3.05) is 14.2 Å². The van der Waals surface area contributed by atoms with Crippen molar-refractivity contribution in [3.05, 3.63) is 17.7 Å². The Morgan fingerprint density at radius 1 is 0.864 bits per heavy atom. The lowest BCUT2D eigenvalue weighted by atomic mass is 10.2. The fourth-order valence-corrected chi connectivity index (χ4v) is 3.41. The molecule has 22 heavy (non-hydrogen) atoms. The predicted molar refractivity (Wildman–Crippen MR) is 92.3 cm³/mol. The van der Waals surface area contributed by atoms with Crippen LogP contribution in [-0.2, 0) is 4.74 Å². The molecule has 0 saturated heterocycles. The van der Waals surface area contributed by atoms with Gasteiger partial charge in [0.25, 0.3) is 0 Å². The fraction of sp³-hybridized carbons (Fsp3) is 0.533. The number of ether oxygens (including phenoxy) is 2. The summed E-state index contributed by atoms with van der Waals surface area (Å²) in [5, 5.41) is 0. The summed E-state index contributed by atoms with van der Waals surface area (Å²) in [7, 11) is -0.952. The number of hydrogen-bond donors (Lipinski definition) is 0. The number of benzene rings is 1. The molecule has 0 aliphatic heterocycles. The molecule has 5 nitrogen and oxygen atoms in total. The molecular weight excluding hydrogens is 316 g/mol. The van der Waals surface area contributed by atoms with Gasteiger partial charge in [0.15, 0.2) is 17.2 Å². The highest BCUT2D eigenvalue weighted by Crippen LogP contribution is 2.43. The van der Waals surface area contributed by atoms with E-state index in [9.17, 15) is 4.79 Å². The van der Waals surface area contributed by atoms with Gasteiger partial charge in [-0.1, -0.05) is 0 Å². The van der Waals surface area contributed by atoms with E-state index >= 15 is 0 Å². The fourth-order valence-electron chi connectivity index (χ4n) is 1.79. The first-order valence-corrected chi connectivity index (χ1v) is 14.0. The van der Waals surface area contributed by atoms with Crippen LogP contribution in [0.1, 0.15) is 10.4 Å². The van der Waals surface area contributed by atoms with Crippen LogP contribution in [0.3, 0.4) is 0 Å². The van der Waals surface area contributed by atoms with Crippen molar-refractivity contribution < 1.29 is 23.1 Å². The summed E-state index contributed by atoms with van der Waals surface area (Å²) in [6.45, 7) is 12.3. The Kier molecular flexibility index (Phi) is 5.69. The first-order valence-electron chi connectivity index (χ1n) is 7.16. The van der Waals surface area contributed by atoms with E-state index in [1.165, 1.54) is 7.11 Å². The van der Waals surface area contributed by atoms with Crippen LogP contribution in [0.15, 0.2) is 12.1 Å². The van der Waals surface area contributed by atoms with Crippen LogP contribution in [-0.4, -0.2) is 36.8 Å². The molecular formula is C15H26O5Si2. The van der Waals surface area contributed by atoms with Crippen molar-refractivity contribution in [3.63, 3.8) is 0 Å². The topological polar surface area (TPSA) is 54.0 Å². The number of carbonyl (C=O) groups excluding carboxylic acids is 1. The monoisotopic (exact) mass is 342 g/mol. The van der Waals surface area contributed by atoms with Crippen molar-refractivity contribution >= 4 is 22.6 Å². The lowest BCUT2D eigenvalue weighted by Crippen LogP contribution is -2.33. The van der Waals surface area contributed by atoms with Crippen molar-refractivity contribution in [2.45, 2.75) is 39.3 Å². The van der Waals surface area contributed by atoms with E-state index in [0.29, 0.717) is 22.8 Å². The Hall–Kier alpha value is -1.48. The van der Waals surface area contributed by atoms with Crippen molar-refractivity contribution in [3.8, 4) is 17.2 Å². The summed E-state index contributed by atoms with van der Waals surface area (Å²) in [6.07, 6.45) is 0. The molecule has 1 rings (SSSR count). The van der Waals surface area contributed by atoms with E-state index in [1.54, 1.807) is 19.2 Å². The third kappa shape index (κ3) is 5.06. The smallest absolute Gasteiger partial charge is 0.341 e. The average Bonchev–Trinajstić information content (AvgIpc) is 2.36. The molecule has 0 radical (unpaired) electrons.